The molecule has 0 bridgehead atoms. The number of carbonyl (C=O) groups excluding carboxylic acids is 1. The fourth-order valence-corrected chi connectivity index (χ4v) is 5.00. The topological polar surface area (TPSA) is 84.9 Å². The number of alkyl halides is 2. The Morgan fingerprint density at radius 1 is 1.12 bits per heavy atom. The average molecular weight is 472 g/mol. The fraction of sp³-hybridized carbons (Fsp3) is 0.381. The molecule has 0 spiro atoms. The quantitative estimate of drug-likeness (QED) is 0.606. The molecule has 0 unspecified atom stereocenters. The molecule has 0 saturated carbocycles. The summed E-state index contributed by atoms with van der Waals surface area (Å²) in [5.41, 5.74) is 0.711. The fourth-order valence-electron chi connectivity index (χ4n) is 3.39. The normalized spacial score (nSPS) is 14.5. The number of ether oxygens (including phenoxy) is 2. The van der Waals surface area contributed by atoms with E-state index in [0.29, 0.717) is 37.9 Å². The highest BCUT2D eigenvalue weighted by molar-refractivity contribution is 7.89. The first-order valence-corrected chi connectivity index (χ1v) is 11.4. The molecule has 1 saturated heterocycles. The van der Waals surface area contributed by atoms with Crippen LogP contribution in [0, 0.1) is 5.82 Å². The summed E-state index contributed by atoms with van der Waals surface area (Å²) in [6, 6.07) is 7.64. The molecule has 2 aromatic rings. The number of hydrogen-bond donors (Lipinski definition) is 1. The van der Waals surface area contributed by atoms with Crippen molar-refractivity contribution < 1.29 is 35.9 Å². The molecule has 1 amide bonds. The number of rotatable bonds is 9. The molecule has 1 heterocycles. The number of amides is 1. The number of hydrogen-bond acceptors (Lipinski definition) is 5. The van der Waals surface area contributed by atoms with Gasteiger partial charge in [-0.25, -0.2) is 12.8 Å². The van der Waals surface area contributed by atoms with Gasteiger partial charge in [0.05, 0.1) is 7.11 Å². The Balaban J connectivity index is 1.65. The van der Waals surface area contributed by atoms with E-state index in [9.17, 15) is 26.4 Å². The summed E-state index contributed by atoms with van der Waals surface area (Å²) in [7, 11) is -2.69. The number of nitrogens with one attached hydrogen (secondary N) is 1. The van der Waals surface area contributed by atoms with Crippen molar-refractivity contribution in [1.29, 1.82) is 0 Å². The number of sulfonamides is 1. The van der Waals surface area contributed by atoms with E-state index in [1.54, 1.807) is 6.07 Å². The van der Waals surface area contributed by atoms with Crippen LogP contribution in [0.15, 0.2) is 41.3 Å². The van der Waals surface area contributed by atoms with Crippen molar-refractivity contribution in [2.24, 2.45) is 0 Å². The summed E-state index contributed by atoms with van der Waals surface area (Å²) in [6.07, 6.45) is 1.76. The van der Waals surface area contributed by atoms with Crippen LogP contribution >= 0.6 is 0 Å². The lowest BCUT2D eigenvalue weighted by molar-refractivity contribution is -0.0512. The van der Waals surface area contributed by atoms with Gasteiger partial charge in [0.25, 0.3) is 5.91 Å². The standard InChI is InChI=1S/C21H23F3N2O5S/c1-30-18-12-14(4-7-17(18)31-21(23)24)8-9-25-20(27)15-5-6-16(22)19(13-15)32(28,29)26-10-2-3-11-26/h4-7,12-13,21H,2-3,8-11H2,1H3,(H,25,27). The highest BCUT2D eigenvalue weighted by atomic mass is 32.2. The van der Waals surface area contributed by atoms with Gasteiger partial charge in [0, 0.05) is 25.2 Å². The zero-order valence-electron chi connectivity index (χ0n) is 17.3. The predicted molar refractivity (Wildman–Crippen MR) is 110 cm³/mol. The average Bonchev–Trinajstić information content (AvgIpc) is 3.30. The largest absolute Gasteiger partial charge is 0.493 e. The Kier molecular flexibility index (Phi) is 7.62. The third kappa shape index (κ3) is 5.52. The van der Waals surface area contributed by atoms with Crippen LogP contribution in [-0.2, 0) is 16.4 Å². The van der Waals surface area contributed by atoms with E-state index in [-0.39, 0.29) is 23.6 Å². The summed E-state index contributed by atoms with van der Waals surface area (Å²) >= 11 is 0. The van der Waals surface area contributed by atoms with Gasteiger partial charge in [0.15, 0.2) is 11.5 Å². The maximum absolute atomic E-state index is 14.2. The molecule has 2 aromatic carbocycles. The van der Waals surface area contributed by atoms with Crippen LogP contribution in [-0.4, -0.2) is 52.0 Å². The monoisotopic (exact) mass is 472 g/mol. The predicted octanol–water partition coefficient (Wildman–Crippen LogP) is 3.19. The summed E-state index contributed by atoms with van der Waals surface area (Å²) in [5.74, 6) is -1.45. The molecule has 7 nitrogen and oxygen atoms in total. The third-order valence-corrected chi connectivity index (χ3v) is 6.93. The number of nitrogens with zero attached hydrogens (tertiary/aromatic N) is 1. The Labute approximate surface area is 184 Å². The minimum Gasteiger partial charge on any atom is -0.493 e. The SMILES string of the molecule is COc1cc(CCNC(=O)c2ccc(F)c(S(=O)(=O)N3CCCC3)c2)ccc1OC(F)F. The first kappa shape index (κ1) is 23.9. The van der Waals surface area contributed by atoms with Crippen molar-refractivity contribution in [3.63, 3.8) is 0 Å². The lowest BCUT2D eigenvalue weighted by atomic mass is 10.1. The zero-order valence-corrected chi connectivity index (χ0v) is 18.1. The number of methoxy groups -OCH3 is 1. The Bertz CT molecular complexity index is 1070. The van der Waals surface area contributed by atoms with Crippen LogP contribution < -0.4 is 14.8 Å². The van der Waals surface area contributed by atoms with Crippen LogP contribution in [0.1, 0.15) is 28.8 Å². The van der Waals surface area contributed by atoms with E-state index < -0.39 is 33.3 Å². The lowest BCUT2D eigenvalue weighted by Gasteiger charge is -2.16. The molecule has 0 radical (unpaired) electrons. The molecule has 1 N–H and O–H groups in total. The summed E-state index contributed by atoms with van der Waals surface area (Å²) in [5, 5.41) is 2.64. The van der Waals surface area contributed by atoms with E-state index in [4.69, 9.17) is 4.74 Å². The maximum Gasteiger partial charge on any atom is 0.387 e. The first-order valence-electron chi connectivity index (χ1n) is 9.92. The molecular weight excluding hydrogens is 449 g/mol. The van der Waals surface area contributed by atoms with Crippen molar-refractivity contribution in [3.05, 3.63) is 53.3 Å². The van der Waals surface area contributed by atoms with Gasteiger partial charge in [-0.15, -0.1) is 0 Å². The van der Waals surface area contributed by atoms with E-state index in [1.807, 2.05) is 0 Å². The summed E-state index contributed by atoms with van der Waals surface area (Å²) in [4.78, 5) is 12.0. The molecule has 0 atom stereocenters. The van der Waals surface area contributed by atoms with Crippen LogP contribution in [0.5, 0.6) is 11.5 Å². The molecule has 1 fully saturated rings. The van der Waals surface area contributed by atoms with Crippen molar-refractivity contribution in [2.45, 2.75) is 30.8 Å². The van der Waals surface area contributed by atoms with Gasteiger partial charge in [0.2, 0.25) is 10.0 Å². The van der Waals surface area contributed by atoms with E-state index >= 15 is 0 Å². The Hall–Kier alpha value is -2.79. The lowest BCUT2D eigenvalue weighted by Crippen LogP contribution is -2.30. The molecule has 0 aliphatic carbocycles. The van der Waals surface area contributed by atoms with Gasteiger partial charge >= 0.3 is 6.61 Å². The van der Waals surface area contributed by atoms with Gasteiger partial charge in [0.1, 0.15) is 10.7 Å². The van der Waals surface area contributed by atoms with Crippen LogP contribution in [0.4, 0.5) is 13.2 Å². The molecule has 0 aromatic heterocycles. The maximum atomic E-state index is 14.2. The van der Waals surface area contributed by atoms with Crippen molar-refractivity contribution >= 4 is 15.9 Å². The van der Waals surface area contributed by atoms with E-state index in [0.717, 1.165) is 12.1 Å². The zero-order chi connectivity index (χ0) is 23.3. The Morgan fingerprint density at radius 2 is 1.84 bits per heavy atom. The molecule has 32 heavy (non-hydrogen) atoms. The third-order valence-electron chi connectivity index (χ3n) is 5.02. The van der Waals surface area contributed by atoms with Crippen LogP contribution in [0.3, 0.4) is 0 Å². The van der Waals surface area contributed by atoms with Gasteiger partial charge in [-0.2, -0.15) is 13.1 Å². The van der Waals surface area contributed by atoms with Crippen molar-refractivity contribution in [2.75, 3.05) is 26.7 Å². The smallest absolute Gasteiger partial charge is 0.387 e. The highest BCUT2D eigenvalue weighted by Gasteiger charge is 2.30. The number of benzene rings is 2. The molecule has 1 aliphatic heterocycles. The first-order chi connectivity index (χ1) is 15.2. The molecule has 174 valence electrons. The second kappa shape index (κ2) is 10.2. The molecule has 3 rings (SSSR count). The summed E-state index contributed by atoms with van der Waals surface area (Å²) < 4.78 is 75.0. The number of halogens is 3. The Morgan fingerprint density at radius 3 is 2.50 bits per heavy atom. The minimum atomic E-state index is -4.01. The van der Waals surface area contributed by atoms with Gasteiger partial charge in [-0.1, -0.05) is 6.07 Å². The van der Waals surface area contributed by atoms with Crippen LogP contribution in [0.2, 0.25) is 0 Å². The molecule has 1 aliphatic rings. The van der Waals surface area contributed by atoms with E-state index in [2.05, 4.69) is 10.1 Å². The van der Waals surface area contributed by atoms with Crippen molar-refractivity contribution in [1.82, 2.24) is 9.62 Å². The second-order valence-electron chi connectivity index (χ2n) is 7.13. The highest BCUT2D eigenvalue weighted by Crippen LogP contribution is 2.29. The summed E-state index contributed by atoms with van der Waals surface area (Å²) in [6.45, 7) is -2.17. The second-order valence-corrected chi connectivity index (χ2v) is 9.03. The van der Waals surface area contributed by atoms with Crippen LogP contribution in [0.25, 0.3) is 0 Å². The minimum absolute atomic E-state index is 0.0161. The number of carbonyl (C=O) groups is 1. The van der Waals surface area contributed by atoms with Gasteiger partial charge in [-0.05, 0) is 55.2 Å². The molecule has 11 heteroatoms. The van der Waals surface area contributed by atoms with E-state index in [1.165, 1.54) is 29.6 Å². The van der Waals surface area contributed by atoms with Gasteiger partial charge < -0.3 is 14.8 Å². The van der Waals surface area contributed by atoms with Gasteiger partial charge in [-0.3, -0.25) is 4.79 Å². The molecular formula is C21H23F3N2O5S. The van der Waals surface area contributed by atoms with Crippen molar-refractivity contribution in [3.8, 4) is 11.5 Å².